The Hall–Kier alpha value is -0.610. The Morgan fingerprint density at radius 3 is 2.33 bits per heavy atom. The first kappa shape index (κ1) is 17.4. The van der Waals surface area contributed by atoms with Crippen LogP contribution in [0.4, 0.5) is 0 Å². The first-order valence-corrected chi connectivity index (χ1v) is 7.14. The molecule has 0 aliphatic rings. The smallest absolute Gasteiger partial charge is 0.224 e. The molecule has 0 aromatic heterocycles. The van der Waals surface area contributed by atoms with E-state index in [1.807, 2.05) is 4.90 Å². The molecule has 0 radical (unpaired) electrons. The Morgan fingerprint density at radius 2 is 1.89 bits per heavy atom. The van der Waals surface area contributed by atoms with Gasteiger partial charge in [0.15, 0.2) is 0 Å². The van der Waals surface area contributed by atoms with Crippen LogP contribution in [0.5, 0.6) is 0 Å². The van der Waals surface area contributed by atoms with E-state index in [1.54, 1.807) is 7.11 Å². The van der Waals surface area contributed by atoms with Gasteiger partial charge in [-0.25, -0.2) is 0 Å². The van der Waals surface area contributed by atoms with Crippen molar-refractivity contribution in [2.75, 3.05) is 20.3 Å². The van der Waals surface area contributed by atoms with E-state index >= 15 is 0 Å². The second-order valence-corrected chi connectivity index (χ2v) is 4.80. The summed E-state index contributed by atoms with van der Waals surface area (Å²) < 4.78 is 5.09. The van der Waals surface area contributed by atoms with Crippen molar-refractivity contribution >= 4 is 5.91 Å². The molecular weight excluding hydrogens is 228 g/mol. The lowest BCUT2D eigenvalue weighted by Gasteiger charge is -2.31. The highest BCUT2D eigenvalue weighted by Gasteiger charge is 2.22. The Labute approximate surface area is 112 Å². The van der Waals surface area contributed by atoms with Crippen LogP contribution in [0.3, 0.4) is 0 Å². The van der Waals surface area contributed by atoms with Gasteiger partial charge in [-0.2, -0.15) is 0 Å². The Balaban J connectivity index is 4.47. The molecule has 0 aromatic carbocycles. The summed E-state index contributed by atoms with van der Waals surface area (Å²) >= 11 is 0. The average molecular weight is 258 g/mol. The van der Waals surface area contributed by atoms with Crippen LogP contribution in [0.15, 0.2) is 0 Å². The van der Waals surface area contributed by atoms with Crippen molar-refractivity contribution in [3.8, 4) is 0 Å². The second kappa shape index (κ2) is 10.3. The molecule has 0 heterocycles. The topological polar surface area (TPSA) is 55.6 Å². The monoisotopic (exact) mass is 258 g/mol. The standard InChI is InChI=1S/C14H30N2O2/c1-5-8-12(15)11-14(17)16(9-10-18-4)13(6-2)7-3/h12-13H,5-11,15H2,1-4H3. The van der Waals surface area contributed by atoms with E-state index < -0.39 is 0 Å². The zero-order chi connectivity index (χ0) is 14.0. The number of ether oxygens (including phenoxy) is 1. The Morgan fingerprint density at radius 1 is 1.28 bits per heavy atom. The molecule has 2 N–H and O–H groups in total. The van der Waals surface area contributed by atoms with E-state index in [2.05, 4.69) is 20.8 Å². The third kappa shape index (κ3) is 6.36. The van der Waals surface area contributed by atoms with Crippen LogP contribution < -0.4 is 5.73 Å². The summed E-state index contributed by atoms with van der Waals surface area (Å²) in [6.45, 7) is 7.58. The predicted octanol–water partition coefficient (Wildman–Crippen LogP) is 2.17. The molecule has 1 amide bonds. The Bertz CT molecular complexity index is 218. The van der Waals surface area contributed by atoms with Crippen molar-refractivity contribution in [1.29, 1.82) is 0 Å². The van der Waals surface area contributed by atoms with E-state index in [9.17, 15) is 4.79 Å². The van der Waals surface area contributed by atoms with Gasteiger partial charge in [0.2, 0.25) is 5.91 Å². The maximum Gasteiger partial charge on any atom is 0.224 e. The summed E-state index contributed by atoms with van der Waals surface area (Å²) in [5.74, 6) is 0.168. The highest BCUT2D eigenvalue weighted by atomic mass is 16.5. The maximum atomic E-state index is 12.3. The molecule has 0 aliphatic carbocycles. The molecule has 18 heavy (non-hydrogen) atoms. The molecule has 0 aliphatic heterocycles. The highest BCUT2D eigenvalue weighted by Crippen LogP contribution is 2.12. The fourth-order valence-electron chi connectivity index (χ4n) is 2.24. The molecule has 0 fully saturated rings. The molecule has 0 spiro atoms. The van der Waals surface area contributed by atoms with E-state index in [0.717, 1.165) is 25.7 Å². The fourth-order valence-corrected chi connectivity index (χ4v) is 2.24. The van der Waals surface area contributed by atoms with Crippen molar-refractivity contribution in [2.24, 2.45) is 5.73 Å². The van der Waals surface area contributed by atoms with Crippen LogP contribution in [-0.4, -0.2) is 43.2 Å². The van der Waals surface area contributed by atoms with Crippen molar-refractivity contribution < 1.29 is 9.53 Å². The van der Waals surface area contributed by atoms with Crippen LogP contribution in [0.25, 0.3) is 0 Å². The van der Waals surface area contributed by atoms with E-state index in [1.165, 1.54) is 0 Å². The van der Waals surface area contributed by atoms with Crippen molar-refractivity contribution in [1.82, 2.24) is 4.90 Å². The summed E-state index contributed by atoms with van der Waals surface area (Å²) in [5.41, 5.74) is 5.96. The number of amides is 1. The summed E-state index contributed by atoms with van der Waals surface area (Å²) in [4.78, 5) is 14.2. The number of rotatable bonds is 10. The minimum absolute atomic E-state index is 0.0121. The van der Waals surface area contributed by atoms with Gasteiger partial charge in [-0.15, -0.1) is 0 Å². The predicted molar refractivity (Wildman–Crippen MR) is 75.5 cm³/mol. The maximum absolute atomic E-state index is 12.3. The number of nitrogens with two attached hydrogens (primary N) is 1. The average Bonchev–Trinajstić information content (AvgIpc) is 2.34. The molecule has 1 unspecified atom stereocenters. The quantitative estimate of drug-likeness (QED) is 0.653. The third-order valence-corrected chi connectivity index (χ3v) is 3.34. The Kier molecular flexibility index (Phi) is 9.98. The largest absolute Gasteiger partial charge is 0.383 e. The van der Waals surface area contributed by atoms with Gasteiger partial charge >= 0.3 is 0 Å². The molecule has 0 aromatic rings. The van der Waals surface area contributed by atoms with Crippen molar-refractivity contribution in [3.05, 3.63) is 0 Å². The van der Waals surface area contributed by atoms with Crippen LogP contribution >= 0.6 is 0 Å². The molecule has 1 atom stereocenters. The highest BCUT2D eigenvalue weighted by molar-refractivity contribution is 5.77. The first-order valence-electron chi connectivity index (χ1n) is 7.14. The number of hydrogen-bond donors (Lipinski definition) is 1. The van der Waals surface area contributed by atoms with E-state index in [-0.39, 0.29) is 11.9 Å². The van der Waals surface area contributed by atoms with Gasteiger partial charge < -0.3 is 15.4 Å². The van der Waals surface area contributed by atoms with Gasteiger partial charge in [0, 0.05) is 32.2 Å². The van der Waals surface area contributed by atoms with Crippen LogP contribution in [0.2, 0.25) is 0 Å². The number of hydrogen-bond acceptors (Lipinski definition) is 3. The van der Waals surface area contributed by atoms with Gasteiger partial charge in [-0.1, -0.05) is 27.2 Å². The molecule has 4 nitrogen and oxygen atoms in total. The normalized spacial score (nSPS) is 12.8. The van der Waals surface area contributed by atoms with Gasteiger partial charge in [-0.05, 0) is 19.3 Å². The first-order chi connectivity index (χ1) is 8.60. The zero-order valence-corrected chi connectivity index (χ0v) is 12.4. The number of carbonyl (C=O) groups is 1. The summed E-state index contributed by atoms with van der Waals surface area (Å²) in [6.07, 6.45) is 4.35. The summed E-state index contributed by atoms with van der Waals surface area (Å²) in [5, 5.41) is 0. The number of methoxy groups -OCH3 is 1. The molecule has 108 valence electrons. The van der Waals surface area contributed by atoms with Crippen LogP contribution in [-0.2, 0) is 9.53 Å². The molecule has 0 bridgehead atoms. The van der Waals surface area contributed by atoms with Crippen LogP contribution in [0, 0.1) is 0 Å². The molecule has 0 saturated carbocycles. The van der Waals surface area contributed by atoms with Crippen molar-refractivity contribution in [3.63, 3.8) is 0 Å². The van der Waals surface area contributed by atoms with E-state index in [0.29, 0.717) is 25.6 Å². The third-order valence-electron chi connectivity index (χ3n) is 3.34. The lowest BCUT2D eigenvalue weighted by Crippen LogP contribution is -2.44. The lowest BCUT2D eigenvalue weighted by molar-refractivity contribution is -0.134. The number of nitrogens with zero attached hydrogens (tertiary/aromatic N) is 1. The second-order valence-electron chi connectivity index (χ2n) is 4.80. The van der Waals surface area contributed by atoms with Gasteiger partial charge in [0.25, 0.3) is 0 Å². The van der Waals surface area contributed by atoms with Gasteiger partial charge in [-0.3, -0.25) is 4.79 Å². The van der Waals surface area contributed by atoms with Crippen LogP contribution in [0.1, 0.15) is 52.9 Å². The number of carbonyl (C=O) groups excluding carboxylic acids is 1. The zero-order valence-electron chi connectivity index (χ0n) is 12.4. The lowest BCUT2D eigenvalue weighted by atomic mass is 10.1. The summed E-state index contributed by atoms with van der Waals surface area (Å²) in [6, 6.07) is 0.295. The van der Waals surface area contributed by atoms with E-state index in [4.69, 9.17) is 10.5 Å². The fraction of sp³-hybridized carbons (Fsp3) is 0.929. The molecule has 0 rings (SSSR count). The van der Waals surface area contributed by atoms with Gasteiger partial charge in [0.05, 0.1) is 6.61 Å². The minimum atomic E-state index is -0.0121. The minimum Gasteiger partial charge on any atom is -0.383 e. The molecular formula is C14H30N2O2. The molecule has 0 saturated heterocycles. The molecule has 4 heteroatoms. The SMILES string of the molecule is CCCC(N)CC(=O)N(CCOC)C(CC)CC. The van der Waals surface area contributed by atoms with Crippen molar-refractivity contribution in [2.45, 2.75) is 65.0 Å². The summed E-state index contributed by atoms with van der Waals surface area (Å²) in [7, 11) is 1.67. The van der Waals surface area contributed by atoms with Gasteiger partial charge in [0.1, 0.15) is 0 Å².